The van der Waals surface area contributed by atoms with Gasteiger partial charge in [-0.25, -0.2) is 0 Å². The first-order chi connectivity index (χ1) is 13.9. The van der Waals surface area contributed by atoms with Crippen molar-refractivity contribution in [3.63, 3.8) is 0 Å². The summed E-state index contributed by atoms with van der Waals surface area (Å²) in [7, 11) is 0. The number of esters is 1. The molecule has 29 heavy (non-hydrogen) atoms. The number of rotatable bonds is 4. The van der Waals surface area contributed by atoms with Crippen LogP contribution in [-0.4, -0.2) is 57.1 Å². The molecule has 1 unspecified atom stereocenters. The second kappa shape index (κ2) is 7.74. The molecule has 1 saturated carbocycles. The Labute approximate surface area is 169 Å². The highest BCUT2D eigenvalue weighted by atomic mass is 16.6. The Hall–Kier alpha value is -2.48. The molecule has 4 rings (SSSR count). The van der Waals surface area contributed by atoms with Crippen LogP contribution in [-0.2, 0) is 25.7 Å². The molecule has 1 aromatic rings. The van der Waals surface area contributed by atoms with Gasteiger partial charge in [-0.1, -0.05) is 6.07 Å². The van der Waals surface area contributed by atoms with Crippen molar-refractivity contribution in [2.75, 3.05) is 13.1 Å². The molecule has 1 atom stereocenters. The minimum absolute atomic E-state index is 0.0892. The molecule has 3 fully saturated rings. The molecule has 2 aliphatic heterocycles. The van der Waals surface area contributed by atoms with E-state index in [1.165, 1.54) is 0 Å². The highest BCUT2D eigenvalue weighted by Gasteiger charge is 2.55. The molecule has 1 spiro atoms. The first-order valence-corrected chi connectivity index (χ1v) is 10.3. The lowest BCUT2D eigenvalue weighted by molar-refractivity contribution is -0.156. The molecule has 0 aromatic carbocycles. The summed E-state index contributed by atoms with van der Waals surface area (Å²) in [5.74, 6) is -1.27. The number of ether oxygens (including phenoxy) is 1. The Morgan fingerprint density at radius 3 is 2.59 bits per heavy atom. The summed E-state index contributed by atoms with van der Waals surface area (Å²) in [6.45, 7) is 0.814. The summed E-state index contributed by atoms with van der Waals surface area (Å²) >= 11 is 0. The van der Waals surface area contributed by atoms with Crippen LogP contribution in [0.15, 0.2) is 24.4 Å². The predicted molar refractivity (Wildman–Crippen MR) is 102 cm³/mol. The van der Waals surface area contributed by atoms with Crippen LogP contribution < -0.4 is 5.32 Å². The third kappa shape index (κ3) is 3.85. The smallest absolute Gasteiger partial charge is 0.307 e. The maximum Gasteiger partial charge on any atom is 0.307 e. The Bertz CT molecular complexity index is 783. The van der Waals surface area contributed by atoms with Crippen LogP contribution in [0.2, 0.25) is 0 Å². The number of piperidine rings is 1. The molecule has 3 heterocycles. The zero-order valence-electron chi connectivity index (χ0n) is 16.4. The Balaban J connectivity index is 1.34. The van der Waals surface area contributed by atoms with E-state index in [1.807, 2.05) is 6.07 Å². The van der Waals surface area contributed by atoms with Crippen LogP contribution in [0, 0.1) is 5.92 Å². The average molecular weight is 401 g/mol. The number of carbonyl (C=O) groups is 3. The van der Waals surface area contributed by atoms with Crippen LogP contribution >= 0.6 is 0 Å². The van der Waals surface area contributed by atoms with Crippen molar-refractivity contribution in [3.05, 3.63) is 30.1 Å². The maximum absolute atomic E-state index is 13.1. The third-order valence-electron chi connectivity index (χ3n) is 6.55. The van der Waals surface area contributed by atoms with E-state index in [2.05, 4.69) is 10.3 Å². The molecule has 2 saturated heterocycles. The molecular formula is C21H27N3O5. The molecule has 1 aliphatic carbocycles. The fourth-order valence-corrected chi connectivity index (χ4v) is 4.81. The number of hydrogen-bond acceptors (Lipinski definition) is 6. The molecule has 0 bridgehead atoms. The molecular weight excluding hydrogens is 374 g/mol. The third-order valence-corrected chi connectivity index (χ3v) is 6.55. The highest BCUT2D eigenvalue weighted by molar-refractivity contribution is 5.89. The van der Waals surface area contributed by atoms with E-state index in [9.17, 15) is 19.5 Å². The topological polar surface area (TPSA) is 109 Å². The van der Waals surface area contributed by atoms with Gasteiger partial charge in [0.05, 0.1) is 24.6 Å². The fraction of sp³-hybridized carbons (Fsp3) is 0.619. The fourth-order valence-electron chi connectivity index (χ4n) is 4.81. The lowest BCUT2D eigenvalue weighted by atomic mass is 9.83. The first-order valence-electron chi connectivity index (χ1n) is 10.3. The Morgan fingerprint density at radius 2 is 1.93 bits per heavy atom. The summed E-state index contributed by atoms with van der Waals surface area (Å²) in [5.41, 5.74) is -1.43. The number of nitrogens with zero attached hydrogens (tertiary/aromatic N) is 2. The first kappa shape index (κ1) is 19.8. The minimum atomic E-state index is -1.50. The van der Waals surface area contributed by atoms with Gasteiger partial charge < -0.3 is 20.1 Å². The van der Waals surface area contributed by atoms with E-state index in [4.69, 9.17) is 4.74 Å². The summed E-state index contributed by atoms with van der Waals surface area (Å²) < 4.78 is 5.58. The second-order valence-electron chi connectivity index (χ2n) is 8.36. The van der Waals surface area contributed by atoms with E-state index in [-0.39, 0.29) is 50.8 Å². The molecule has 156 valence electrons. The number of carbonyl (C=O) groups excluding carboxylic acids is 3. The number of aromatic nitrogens is 1. The van der Waals surface area contributed by atoms with Crippen molar-refractivity contribution in [2.45, 2.75) is 62.7 Å². The van der Waals surface area contributed by atoms with Crippen molar-refractivity contribution in [1.82, 2.24) is 15.2 Å². The van der Waals surface area contributed by atoms with E-state index < -0.39 is 23.0 Å². The summed E-state index contributed by atoms with van der Waals surface area (Å²) in [6, 6.07) is 5.43. The lowest BCUT2D eigenvalue weighted by Crippen LogP contribution is -2.56. The number of hydrogen-bond donors (Lipinski definition) is 2. The normalized spacial score (nSPS) is 25.1. The monoisotopic (exact) mass is 401 g/mol. The van der Waals surface area contributed by atoms with Gasteiger partial charge in [-0.05, 0) is 37.8 Å². The van der Waals surface area contributed by atoms with Gasteiger partial charge in [0.15, 0.2) is 0 Å². The molecule has 2 amide bonds. The molecule has 8 heteroatoms. The van der Waals surface area contributed by atoms with Crippen LogP contribution in [0.25, 0.3) is 0 Å². The van der Waals surface area contributed by atoms with Gasteiger partial charge in [0, 0.05) is 32.1 Å². The SMILES string of the molecule is O=C1CC(C(=O)N2CCC(O)(C(=O)NCc3ccccn3)CC2)C2(CCCC2)O1. The highest BCUT2D eigenvalue weighted by Crippen LogP contribution is 2.46. The van der Waals surface area contributed by atoms with Gasteiger partial charge in [-0.2, -0.15) is 0 Å². The standard InChI is InChI=1S/C21H27N3O5/c25-17-13-16(21(29-17)6-2-3-7-21)18(26)24-11-8-20(28,9-12-24)19(27)23-14-15-5-1-4-10-22-15/h1,4-5,10,16,28H,2-3,6-9,11-14H2,(H,23,27). The summed E-state index contributed by atoms with van der Waals surface area (Å²) in [5, 5.41) is 13.5. The minimum Gasteiger partial charge on any atom is -0.458 e. The van der Waals surface area contributed by atoms with Gasteiger partial charge in [0.1, 0.15) is 11.2 Å². The van der Waals surface area contributed by atoms with E-state index in [0.29, 0.717) is 5.69 Å². The molecule has 0 radical (unpaired) electrons. The number of aliphatic hydroxyl groups is 1. The van der Waals surface area contributed by atoms with Crippen molar-refractivity contribution >= 4 is 17.8 Å². The molecule has 2 N–H and O–H groups in total. The average Bonchev–Trinajstić information content (AvgIpc) is 3.33. The summed E-state index contributed by atoms with van der Waals surface area (Å²) in [6.07, 6.45) is 5.52. The maximum atomic E-state index is 13.1. The van der Waals surface area contributed by atoms with Crippen LogP contribution in [0.5, 0.6) is 0 Å². The number of amides is 2. The quantitative estimate of drug-likeness (QED) is 0.727. The second-order valence-corrected chi connectivity index (χ2v) is 8.36. The van der Waals surface area contributed by atoms with Gasteiger partial charge >= 0.3 is 5.97 Å². The van der Waals surface area contributed by atoms with Crippen LogP contribution in [0.1, 0.15) is 50.6 Å². The van der Waals surface area contributed by atoms with Gasteiger partial charge in [0.2, 0.25) is 5.91 Å². The molecule has 8 nitrogen and oxygen atoms in total. The van der Waals surface area contributed by atoms with Crippen molar-refractivity contribution in [3.8, 4) is 0 Å². The number of pyridine rings is 1. The number of likely N-dealkylation sites (tertiary alicyclic amines) is 1. The predicted octanol–water partition coefficient (Wildman–Crippen LogP) is 0.927. The summed E-state index contributed by atoms with van der Waals surface area (Å²) in [4.78, 5) is 43.3. The molecule has 1 aromatic heterocycles. The van der Waals surface area contributed by atoms with E-state index >= 15 is 0 Å². The molecule has 3 aliphatic rings. The van der Waals surface area contributed by atoms with Crippen LogP contribution in [0.3, 0.4) is 0 Å². The van der Waals surface area contributed by atoms with Crippen molar-refractivity contribution < 1.29 is 24.2 Å². The van der Waals surface area contributed by atoms with Gasteiger partial charge in [0.25, 0.3) is 5.91 Å². The zero-order valence-corrected chi connectivity index (χ0v) is 16.4. The van der Waals surface area contributed by atoms with E-state index in [1.54, 1.807) is 23.2 Å². The Morgan fingerprint density at radius 1 is 1.21 bits per heavy atom. The van der Waals surface area contributed by atoms with Crippen molar-refractivity contribution in [2.24, 2.45) is 5.92 Å². The van der Waals surface area contributed by atoms with Crippen LogP contribution in [0.4, 0.5) is 0 Å². The Kier molecular flexibility index (Phi) is 5.29. The van der Waals surface area contributed by atoms with E-state index in [0.717, 1.165) is 25.7 Å². The zero-order chi connectivity index (χ0) is 20.5. The van der Waals surface area contributed by atoms with Gasteiger partial charge in [-0.3, -0.25) is 19.4 Å². The van der Waals surface area contributed by atoms with Crippen molar-refractivity contribution in [1.29, 1.82) is 0 Å². The number of nitrogens with one attached hydrogen (secondary N) is 1. The largest absolute Gasteiger partial charge is 0.458 e. The lowest BCUT2D eigenvalue weighted by Gasteiger charge is -2.39. The van der Waals surface area contributed by atoms with Gasteiger partial charge in [-0.15, -0.1) is 0 Å².